The summed E-state index contributed by atoms with van der Waals surface area (Å²) in [5.41, 5.74) is 0.398. The summed E-state index contributed by atoms with van der Waals surface area (Å²) in [5, 5.41) is 13.0. The highest BCUT2D eigenvalue weighted by Gasteiger charge is 2.36. The van der Waals surface area contributed by atoms with Crippen LogP contribution in [0.15, 0.2) is 84.9 Å². The summed E-state index contributed by atoms with van der Waals surface area (Å²) in [6.45, 7) is 2.22. The van der Waals surface area contributed by atoms with E-state index in [9.17, 15) is 9.90 Å². The molecule has 3 aromatic carbocycles. The summed E-state index contributed by atoms with van der Waals surface area (Å²) in [5.74, 6) is -0.869. The normalized spacial score (nSPS) is 11.2. The van der Waals surface area contributed by atoms with Gasteiger partial charge in [-0.15, -0.1) is 0 Å². The summed E-state index contributed by atoms with van der Waals surface area (Å²) in [7, 11) is -2.37. The first-order chi connectivity index (χ1) is 11.1. The van der Waals surface area contributed by atoms with E-state index < -0.39 is 14.0 Å². The lowest BCUT2D eigenvalue weighted by atomic mass is 10.2. The minimum Gasteiger partial charge on any atom is -0.478 e. The lowest BCUT2D eigenvalue weighted by Crippen LogP contribution is -2.65. The van der Waals surface area contributed by atoms with Gasteiger partial charge in [0.25, 0.3) is 0 Å². The third kappa shape index (κ3) is 2.71. The first-order valence-electron chi connectivity index (χ1n) is 7.58. The molecule has 3 rings (SSSR count). The van der Waals surface area contributed by atoms with Crippen molar-refractivity contribution < 1.29 is 9.90 Å². The molecule has 0 aliphatic heterocycles. The molecule has 0 amide bonds. The largest absolute Gasteiger partial charge is 0.478 e. The zero-order valence-corrected chi connectivity index (χ0v) is 13.9. The Balaban J connectivity index is 2.33. The molecular formula is C20H18O2Si. The van der Waals surface area contributed by atoms with Gasteiger partial charge in [-0.05, 0) is 21.6 Å². The molecule has 0 saturated heterocycles. The second-order valence-electron chi connectivity index (χ2n) is 5.71. The Hall–Kier alpha value is -2.65. The van der Waals surface area contributed by atoms with Crippen molar-refractivity contribution in [2.45, 2.75) is 6.55 Å². The molecule has 114 valence electrons. The predicted octanol–water partition coefficient (Wildman–Crippen LogP) is 2.48. The maximum Gasteiger partial charge on any atom is 0.335 e. The van der Waals surface area contributed by atoms with Crippen molar-refractivity contribution in [2.24, 2.45) is 0 Å². The number of aromatic carboxylic acids is 1. The van der Waals surface area contributed by atoms with E-state index in [0.29, 0.717) is 5.56 Å². The van der Waals surface area contributed by atoms with Crippen LogP contribution in [0.1, 0.15) is 10.4 Å². The highest BCUT2D eigenvalue weighted by molar-refractivity contribution is 7.11. The van der Waals surface area contributed by atoms with Crippen LogP contribution in [0.3, 0.4) is 0 Å². The first-order valence-corrected chi connectivity index (χ1v) is 10.1. The number of carbonyl (C=O) groups is 1. The number of carboxylic acids is 1. The smallest absolute Gasteiger partial charge is 0.335 e. The molecule has 2 nitrogen and oxygen atoms in total. The SMILES string of the molecule is C[Si](c1ccccc1)(c1ccccc1)c1ccccc1C(=O)O. The van der Waals surface area contributed by atoms with E-state index in [0.717, 1.165) is 5.19 Å². The predicted molar refractivity (Wildman–Crippen MR) is 96.8 cm³/mol. The van der Waals surface area contributed by atoms with E-state index in [2.05, 4.69) is 30.8 Å². The summed E-state index contributed by atoms with van der Waals surface area (Å²) >= 11 is 0. The van der Waals surface area contributed by atoms with Gasteiger partial charge in [0.15, 0.2) is 0 Å². The summed E-state index contributed by atoms with van der Waals surface area (Å²) < 4.78 is 0. The Bertz CT molecular complexity index is 774. The quantitative estimate of drug-likeness (QED) is 0.593. The van der Waals surface area contributed by atoms with Crippen molar-refractivity contribution in [2.75, 3.05) is 0 Å². The summed E-state index contributed by atoms with van der Waals surface area (Å²) in [6.07, 6.45) is 0. The van der Waals surface area contributed by atoms with Gasteiger partial charge in [-0.1, -0.05) is 85.4 Å². The Labute approximate surface area is 137 Å². The van der Waals surface area contributed by atoms with Gasteiger partial charge < -0.3 is 5.11 Å². The van der Waals surface area contributed by atoms with Crippen LogP contribution in [0.4, 0.5) is 0 Å². The van der Waals surface area contributed by atoms with E-state index in [1.165, 1.54) is 10.4 Å². The summed E-state index contributed by atoms with van der Waals surface area (Å²) in [4.78, 5) is 11.8. The average molecular weight is 318 g/mol. The van der Waals surface area contributed by atoms with E-state index in [4.69, 9.17) is 0 Å². The third-order valence-corrected chi connectivity index (χ3v) is 8.89. The first kappa shape index (κ1) is 15.3. The minimum absolute atomic E-state index is 0.398. The van der Waals surface area contributed by atoms with Gasteiger partial charge in [0.2, 0.25) is 0 Å². The molecule has 0 spiro atoms. The van der Waals surface area contributed by atoms with Crippen LogP contribution in [0.2, 0.25) is 6.55 Å². The molecule has 23 heavy (non-hydrogen) atoms. The Morgan fingerprint density at radius 3 is 1.65 bits per heavy atom. The molecule has 0 atom stereocenters. The highest BCUT2D eigenvalue weighted by Crippen LogP contribution is 2.10. The third-order valence-electron chi connectivity index (χ3n) is 4.40. The number of rotatable bonds is 4. The fraction of sp³-hybridized carbons (Fsp3) is 0.0500. The van der Waals surface area contributed by atoms with E-state index in [-0.39, 0.29) is 0 Å². The van der Waals surface area contributed by atoms with Crippen LogP contribution in [0.25, 0.3) is 0 Å². The molecule has 0 fully saturated rings. The van der Waals surface area contributed by atoms with Gasteiger partial charge in [-0.25, -0.2) is 4.79 Å². The fourth-order valence-corrected chi connectivity index (χ4v) is 6.96. The molecule has 1 N–H and O–H groups in total. The van der Waals surface area contributed by atoms with Gasteiger partial charge in [0.1, 0.15) is 8.07 Å². The zero-order chi connectivity index (χ0) is 16.3. The lowest BCUT2D eigenvalue weighted by molar-refractivity contribution is 0.0698. The van der Waals surface area contributed by atoms with Crippen molar-refractivity contribution >= 4 is 29.6 Å². The fourth-order valence-electron chi connectivity index (χ4n) is 3.13. The number of hydrogen-bond donors (Lipinski definition) is 1. The number of hydrogen-bond acceptors (Lipinski definition) is 1. The van der Waals surface area contributed by atoms with Crippen molar-refractivity contribution in [3.8, 4) is 0 Å². The molecule has 0 heterocycles. The van der Waals surface area contributed by atoms with Crippen molar-refractivity contribution in [3.63, 3.8) is 0 Å². The molecule has 0 aliphatic carbocycles. The van der Waals surface area contributed by atoms with E-state index in [1.54, 1.807) is 12.1 Å². The molecule has 3 aromatic rings. The molecular weight excluding hydrogens is 300 g/mol. The monoisotopic (exact) mass is 318 g/mol. The van der Waals surface area contributed by atoms with Crippen molar-refractivity contribution in [1.29, 1.82) is 0 Å². The Kier molecular flexibility index (Phi) is 4.13. The molecule has 0 radical (unpaired) electrons. The maximum absolute atomic E-state index is 11.8. The van der Waals surface area contributed by atoms with Gasteiger partial charge in [-0.2, -0.15) is 0 Å². The molecule has 0 aliphatic rings. The second kappa shape index (κ2) is 6.22. The molecule has 0 aromatic heterocycles. The molecule has 0 saturated carbocycles. The molecule has 0 bridgehead atoms. The lowest BCUT2D eigenvalue weighted by Gasteiger charge is -2.30. The zero-order valence-electron chi connectivity index (χ0n) is 12.9. The topological polar surface area (TPSA) is 37.3 Å². The average Bonchev–Trinajstić information content (AvgIpc) is 2.62. The summed E-state index contributed by atoms with van der Waals surface area (Å²) in [6, 6.07) is 27.9. The van der Waals surface area contributed by atoms with Crippen LogP contribution in [-0.2, 0) is 0 Å². The standard InChI is InChI=1S/C20H18O2Si/c1-23(16-10-4-2-5-11-16,17-12-6-3-7-13-17)19-15-9-8-14-18(19)20(21)22/h2-15H,1H3,(H,21,22). The van der Waals surface area contributed by atoms with Gasteiger partial charge >= 0.3 is 5.97 Å². The van der Waals surface area contributed by atoms with Crippen LogP contribution >= 0.6 is 0 Å². The van der Waals surface area contributed by atoms with Crippen LogP contribution in [0.5, 0.6) is 0 Å². The van der Waals surface area contributed by atoms with Gasteiger partial charge in [0.05, 0.1) is 5.56 Å². The number of carboxylic acid groups (broad SMARTS) is 1. The Morgan fingerprint density at radius 2 is 1.17 bits per heavy atom. The van der Waals surface area contributed by atoms with E-state index >= 15 is 0 Å². The number of benzene rings is 3. The minimum atomic E-state index is -2.37. The van der Waals surface area contributed by atoms with Crippen molar-refractivity contribution in [3.05, 3.63) is 90.5 Å². The maximum atomic E-state index is 11.8. The van der Waals surface area contributed by atoms with Crippen molar-refractivity contribution in [1.82, 2.24) is 0 Å². The molecule has 0 unspecified atom stereocenters. The highest BCUT2D eigenvalue weighted by atomic mass is 28.3. The van der Waals surface area contributed by atoms with Crippen LogP contribution in [0, 0.1) is 0 Å². The van der Waals surface area contributed by atoms with Crippen LogP contribution < -0.4 is 15.6 Å². The van der Waals surface area contributed by atoms with Crippen LogP contribution in [-0.4, -0.2) is 19.1 Å². The Morgan fingerprint density at radius 1 is 0.739 bits per heavy atom. The molecule has 3 heteroatoms. The van der Waals surface area contributed by atoms with Gasteiger partial charge in [-0.3, -0.25) is 0 Å². The van der Waals surface area contributed by atoms with E-state index in [1.807, 2.05) is 48.5 Å². The van der Waals surface area contributed by atoms with Gasteiger partial charge in [0, 0.05) is 0 Å². The second-order valence-corrected chi connectivity index (χ2v) is 9.65.